The van der Waals surface area contributed by atoms with E-state index in [1.54, 1.807) is 30.3 Å². The number of nitrogens with zero attached hydrogens (tertiary/aromatic N) is 3. The van der Waals surface area contributed by atoms with Gasteiger partial charge in [0.2, 0.25) is 5.91 Å². The minimum Gasteiger partial charge on any atom is -0.355 e. The Morgan fingerprint density at radius 1 is 1.11 bits per heavy atom. The highest BCUT2D eigenvalue weighted by atomic mass is 35.5. The SMILES string of the molecule is C=CCn1c(SCC(=O)NCCc2ccccc2)nnc1[C@@H](CC(C)C)NC(=O)c1ccccc1Cl. The van der Waals surface area contributed by atoms with Gasteiger partial charge in [-0.05, 0) is 36.5 Å². The maximum absolute atomic E-state index is 13.0. The monoisotopic (exact) mass is 525 g/mol. The highest BCUT2D eigenvalue weighted by Gasteiger charge is 2.25. The fourth-order valence-corrected chi connectivity index (χ4v) is 4.73. The van der Waals surface area contributed by atoms with Crippen LogP contribution in [0, 0.1) is 5.92 Å². The van der Waals surface area contributed by atoms with Gasteiger partial charge in [0, 0.05) is 13.1 Å². The first-order chi connectivity index (χ1) is 17.4. The van der Waals surface area contributed by atoms with E-state index in [4.69, 9.17) is 11.6 Å². The first-order valence-corrected chi connectivity index (χ1v) is 13.3. The van der Waals surface area contributed by atoms with Crippen LogP contribution in [0.2, 0.25) is 5.02 Å². The number of amides is 2. The van der Waals surface area contributed by atoms with Crippen molar-refractivity contribution in [3.8, 4) is 0 Å². The van der Waals surface area contributed by atoms with E-state index in [9.17, 15) is 9.59 Å². The molecule has 0 aliphatic rings. The van der Waals surface area contributed by atoms with Crippen LogP contribution in [-0.4, -0.2) is 38.9 Å². The second-order valence-electron chi connectivity index (χ2n) is 8.75. The Morgan fingerprint density at radius 3 is 2.53 bits per heavy atom. The number of halogens is 1. The van der Waals surface area contributed by atoms with Crippen LogP contribution in [0.5, 0.6) is 0 Å². The van der Waals surface area contributed by atoms with E-state index in [-0.39, 0.29) is 23.6 Å². The molecule has 9 heteroatoms. The van der Waals surface area contributed by atoms with E-state index in [1.165, 1.54) is 17.3 Å². The maximum Gasteiger partial charge on any atom is 0.253 e. The molecule has 0 radical (unpaired) electrons. The van der Waals surface area contributed by atoms with Crippen molar-refractivity contribution in [3.05, 3.63) is 89.2 Å². The summed E-state index contributed by atoms with van der Waals surface area (Å²) in [4.78, 5) is 25.4. The van der Waals surface area contributed by atoms with Gasteiger partial charge in [-0.25, -0.2) is 0 Å². The van der Waals surface area contributed by atoms with Crippen molar-refractivity contribution in [3.63, 3.8) is 0 Å². The normalized spacial score (nSPS) is 11.8. The highest BCUT2D eigenvalue weighted by molar-refractivity contribution is 7.99. The zero-order valence-electron chi connectivity index (χ0n) is 20.6. The van der Waals surface area contributed by atoms with Crippen LogP contribution in [0.15, 0.2) is 72.4 Å². The molecule has 0 saturated heterocycles. The average Bonchev–Trinajstić information content (AvgIpc) is 3.25. The van der Waals surface area contributed by atoms with Crippen molar-refractivity contribution in [1.29, 1.82) is 0 Å². The number of carbonyl (C=O) groups excluding carboxylic acids is 2. The van der Waals surface area contributed by atoms with Crippen molar-refractivity contribution < 1.29 is 9.59 Å². The summed E-state index contributed by atoms with van der Waals surface area (Å²) in [5.41, 5.74) is 1.58. The molecule has 3 aromatic rings. The van der Waals surface area contributed by atoms with Crippen LogP contribution in [0.4, 0.5) is 0 Å². The zero-order valence-corrected chi connectivity index (χ0v) is 22.2. The number of carbonyl (C=O) groups is 2. The number of hydrogen-bond donors (Lipinski definition) is 2. The molecule has 0 saturated carbocycles. The molecule has 2 N–H and O–H groups in total. The first-order valence-electron chi connectivity index (χ1n) is 11.9. The van der Waals surface area contributed by atoms with Crippen LogP contribution in [0.25, 0.3) is 0 Å². The smallest absolute Gasteiger partial charge is 0.253 e. The molecule has 0 spiro atoms. The average molecular weight is 526 g/mol. The number of nitrogens with one attached hydrogen (secondary N) is 2. The van der Waals surface area contributed by atoms with Crippen LogP contribution in [0.1, 0.15) is 48.1 Å². The predicted octanol–water partition coefficient (Wildman–Crippen LogP) is 5.09. The lowest BCUT2D eigenvalue weighted by atomic mass is 10.0. The largest absolute Gasteiger partial charge is 0.355 e. The number of hydrogen-bond acceptors (Lipinski definition) is 5. The molecule has 0 aliphatic heterocycles. The third kappa shape index (κ3) is 7.96. The van der Waals surface area contributed by atoms with Crippen LogP contribution >= 0.6 is 23.4 Å². The van der Waals surface area contributed by atoms with Gasteiger partial charge in [0.15, 0.2) is 11.0 Å². The second-order valence-corrected chi connectivity index (χ2v) is 10.1. The number of aromatic nitrogens is 3. The quantitative estimate of drug-likeness (QED) is 0.240. The predicted molar refractivity (Wildman–Crippen MR) is 145 cm³/mol. The van der Waals surface area contributed by atoms with E-state index in [1.807, 2.05) is 34.9 Å². The molecule has 0 bridgehead atoms. The number of rotatable bonds is 13. The Hall–Kier alpha value is -3.10. The fourth-order valence-electron chi connectivity index (χ4n) is 3.72. The molecular formula is C27H32ClN5O2S. The van der Waals surface area contributed by atoms with Crippen LogP contribution in [0.3, 0.4) is 0 Å². The molecular weight excluding hydrogens is 494 g/mol. The Balaban J connectivity index is 1.68. The van der Waals surface area contributed by atoms with Crippen LogP contribution < -0.4 is 10.6 Å². The Labute approximate surface area is 221 Å². The molecule has 3 rings (SSSR count). The number of thioether (sulfide) groups is 1. The van der Waals surface area contributed by atoms with Gasteiger partial charge in [0.05, 0.1) is 22.4 Å². The molecule has 1 atom stereocenters. The minimum absolute atomic E-state index is 0.0728. The molecule has 0 fully saturated rings. The van der Waals surface area contributed by atoms with Gasteiger partial charge >= 0.3 is 0 Å². The summed E-state index contributed by atoms with van der Waals surface area (Å²) in [6.45, 7) is 9.04. The van der Waals surface area contributed by atoms with Crippen molar-refractivity contribution in [2.24, 2.45) is 5.92 Å². The first kappa shape index (κ1) is 27.5. The van der Waals surface area contributed by atoms with Crippen molar-refractivity contribution in [2.45, 2.75) is 44.4 Å². The highest BCUT2D eigenvalue weighted by Crippen LogP contribution is 2.26. The second kappa shape index (κ2) is 13.8. The van der Waals surface area contributed by atoms with Gasteiger partial charge < -0.3 is 15.2 Å². The molecule has 0 unspecified atom stereocenters. The molecule has 1 heterocycles. The number of benzene rings is 2. The Bertz CT molecular complexity index is 1170. The van der Waals surface area contributed by atoms with Crippen molar-refractivity contribution >= 4 is 35.2 Å². The molecule has 1 aromatic heterocycles. The number of allylic oxidation sites excluding steroid dienone is 1. The van der Waals surface area contributed by atoms with Crippen molar-refractivity contribution in [2.75, 3.05) is 12.3 Å². The molecule has 2 aromatic carbocycles. The summed E-state index contributed by atoms with van der Waals surface area (Å²) in [6, 6.07) is 16.6. The molecule has 7 nitrogen and oxygen atoms in total. The summed E-state index contributed by atoms with van der Waals surface area (Å²) in [5.74, 6) is 0.783. The summed E-state index contributed by atoms with van der Waals surface area (Å²) in [5, 5.41) is 15.7. The molecule has 0 aliphatic carbocycles. The maximum atomic E-state index is 13.0. The van der Waals surface area contributed by atoms with Crippen molar-refractivity contribution in [1.82, 2.24) is 25.4 Å². The Kier molecular flexibility index (Phi) is 10.6. The van der Waals surface area contributed by atoms with Crippen LogP contribution in [-0.2, 0) is 17.8 Å². The van der Waals surface area contributed by atoms with E-state index in [0.717, 1.165) is 6.42 Å². The topological polar surface area (TPSA) is 88.9 Å². The summed E-state index contributed by atoms with van der Waals surface area (Å²) >= 11 is 7.54. The van der Waals surface area contributed by atoms with E-state index >= 15 is 0 Å². The third-order valence-corrected chi connectivity index (χ3v) is 6.71. The molecule has 36 heavy (non-hydrogen) atoms. The van der Waals surface area contributed by atoms with E-state index in [2.05, 4.69) is 41.3 Å². The lowest BCUT2D eigenvalue weighted by Gasteiger charge is -2.21. The third-order valence-electron chi connectivity index (χ3n) is 5.41. The lowest BCUT2D eigenvalue weighted by Crippen LogP contribution is -2.32. The summed E-state index contributed by atoms with van der Waals surface area (Å²) < 4.78 is 1.90. The van der Waals surface area contributed by atoms with Gasteiger partial charge in [-0.15, -0.1) is 16.8 Å². The standard InChI is InChI=1S/C27H32ClN5O2S/c1-4-16-33-25(23(17-19(2)3)30-26(35)21-12-8-9-13-22(21)28)31-32-27(33)36-18-24(34)29-15-14-20-10-6-5-7-11-20/h4-13,19,23H,1,14-18H2,2-3H3,(H,29,34)(H,30,35)/t23-/m1/s1. The molecule has 190 valence electrons. The fraction of sp³-hybridized carbons (Fsp3) is 0.333. The molecule has 2 amide bonds. The van der Waals surface area contributed by atoms with E-state index in [0.29, 0.717) is 47.0 Å². The van der Waals surface area contributed by atoms with E-state index < -0.39 is 0 Å². The lowest BCUT2D eigenvalue weighted by molar-refractivity contribution is -0.118. The zero-order chi connectivity index (χ0) is 25.9. The van der Waals surface area contributed by atoms with Gasteiger partial charge in [-0.3, -0.25) is 9.59 Å². The van der Waals surface area contributed by atoms with Gasteiger partial charge in [-0.1, -0.05) is 85.8 Å². The summed E-state index contributed by atoms with van der Waals surface area (Å²) in [7, 11) is 0. The van der Waals surface area contributed by atoms with Gasteiger partial charge in [-0.2, -0.15) is 0 Å². The van der Waals surface area contributed by atoms with Gasteiger partial charge in [0.25, 0.3) is 5.91 Å². The Morgan fingerprint density at radius 2 is 1.83 bits per heavy atom. The minimum atomic E-state index is -0.379. The van der Waals surface area contributed by atoms with Gasteiger partial charge in [0.1, 0.15) is 0 Å². The summed E-state index contributed by atoms with van der Waals surface area (Å²) in [6.07, 6.45) is 3.19.